The lowest BCUT2D eigenvalue weighted by Gasteiger charge is -2.15. The topological polar surface area (TPSA) is 37.4 Å². The van der Waals surface area contributed by atoms with Crippen LogP contribution in [0, 0.1) is 17.7 Å². The van der Waals surface area contributed by atoms with Crippen molar-refractivity contribution in [2.75, 3.05) is 0 Å². The maximum Gasteiger partial charge on any atom is 0.237 e. The molecule has 1 fully saturated rings. The first-order chi connectivity index (χ1) is 9.99. The summed E-state index contributed by atoms with van der Waals surface area (Å²) < 4.78 is 13.9. The third kappa shape index (κ3) is 2.45. The zero-order valence-corrected chi connectivity index (χ0v) is 13.1. The lowest BCUT2D eigenvalue weighted by Crippen LogP contribution is -2.30. The second-order valence-corrected chi connectivity index (χ2v) is 6.20. The first kappa shape index (κ1) is 14.5. The molecule has 3 rings (SSSR count). The van der Waals surface area contributed by atoms with Crippen LogP contribution in [0.4, 0.5) is 4.39 Å². The Morgan fingerprint density at radius 2 is 1.71 bits per heavy atom. The summed E-state index contributed by atoms with van der Waals surface area (Å²) >= 11 is 9.10. The number of benzene rings is 1. The molecule has 2 unspecified atom stereocenters. The average molecular weight is 371 g/mol. The predicted octanol–water partition coefficient (Wildman–Crippen LogP) is 3.47. The number of halogens is 3. The number of fused-ring (bicyclic) bond motifs is 1. The maximum atomic E-state index is 13.6. The summed E-state index contributed by atoms with van der Waals surface area (Å²) in [6.45, 7) is -0.0185. The molecule has 0 N–H and O–H groups in total. The third-order valence-electron chi connectivity index (χ3n) is 3.66. The molecule has 0 bridgehead atoms. The molecule has 2 amide bonds. The van der Waals surface area contributed by atoms with Crippen LogP contribution in [0.25, 0.3) is 0 Å². The summed E-state index contributed by atoms with van der Waals surface area (Å²) in [7, 11) is 0. The maximum absolute atomic E-state index is 13.6. The van der Waals surface area contributed by atoms with Gasteiger partial charge in [0, 0.05) is 5.02 Å². The minimum Gasteiger partial charge on any atom is -0.277 e. The molecule has 0 spiro atoms. The number of carbonyl (C=O) groups excluding carboxylic acids is 2. The molecular formula is C15H10BrClFNO2. The van der Waals surface area contributed by atoms with Crippen molar-refractivity contribution in [1.29, 1.82) is 0 Å². The molecule has 1 aromatic carbocycles. The van der Waals surface area contributed by atoms with E-state index in [1.54, 1.807) is 24.3 Å². The monoisotopic (exact) mass is 369 g/mol. The standard InChI is InChI=1S/C15H10BrClFNO2/c16-11-6-12(17)8(5-13(11)18)7-19-14(20)9-3-1-2-4-10(9)15(19)21/h1-6,9-10H,7H2. The lowest BCUT2D eigenvalue weighted by atomic mass is 9.91. The van der Waals surface area contributed by atoms with Gasteiger partial charge in [-0.2, -0.15) is 0 Å². The number of hydrogen-bond acceptors (Lipinski definition) is 2. The molecule has 6 heteroatoms. The van der Waals surface area contributed by atoms with Gasteiger partial charge in [0.15, 0.2) is 0 Å². The molecule has 2 atom stereocenters. The molecule has 1 aliphatic heterocycles. The second kappa shape index (κ2) is 5.39. The molecule has 21 heavy (non-hydrogen) atoms. The van der Waals surface area contributed by atoms with Gasteiger partial charge in [0.2, 0.25) is 11.8 Å². The number of nitrogens with zero attached hydrogens (tertiary/aromatic N) is 1. The zero-order chi connectivity index (χ0) is 15.1. The molecule has 1 aliphatic carbocycles. The molecule has 1 aromatic rings. The minimum atomic E-state index is -0.481. The Morgan fingerprint density at radius 1 is 1.14 bits per heavy atom. The summed E-state index contributed by atoms with van der Waals surface area (Å²) in [6, 6.07) is 2.66. The van der Waals surface area contributed by atoms with Crippen molar-refractivity contribution in [2.45, 2.75) is 6.54 Å². The molecule has 0 saturated carbocycles. The zero-order valence-electron chi connectivity index (χ0n) is 10.7. The molecule has 108 valence electrons. The van der Waals surface area contributed by atoms with Crippen LogP contribution in [0.3, 0.4) is 0 Å². The summed E-state index contributed by atoms with van der Waals surface area (Å²) in [5.74, 6) is -1.94. The van der Waals surface area contributed by atoms with E-state index in [2.05, 4.69) is 15.9 Å². The normalized spacial score (nSPS) is 23.9. The van der Waals surface area contributed by atoms with Crippen LogP contribution in [0.15, 0.2) is 40.9 Å². The molecule has 1 heterocycles. The van der Waals surface area contributed by atoms with Gasteiger partial charge in [-0.15, -0.1) is 0 Å². The number of rotatable bonds is 2. The van der Waals surface area contributed by atoms with Crippen molar-refractivity contribution in [1.82, 2.24) is 4.90 Å². The van der Waals surface area contributed by atoms with Crippen LogP contribution in [0.2, 0.25) is 5.02 Å². The van der Waals surface area contributed by atoms with Crippen LogP contribution < -0.4 is 0 Å². The Labute approximate surface area is 134 Å². The van der Waals surface area contributed by atoms with E-state index in [0.29, 0.717) is 10.6 Å². The SMILES string of the molecule is O=C1C2C=CC=CC2C(=O)N1Cc1cc(F)c(Br)cc1Cl. The molecule has 0 radical (unpaired) electrons. The quantitative estimate of drug-likeness (QED) is 0.590. The number of imide groups is 1. The van der Waals surface area contributed by atoms with E-state index >= 15 is 0 Å². The van der Waals surface area contributed by atoms with Gasteiger partial charge in [0.05, 0.1) is 22.9 Å². The summed E-state index contributed by atoms with van der Waals surface area (Å²) in [4.78, 5) is 25.7. The molecule has 2 aliphatic rings. The van der Waals surface area contributed by atoms with E-state index < -0.39 is 17.7 Å². The highest BCUT2D eigenvalue weighted by atomic mass is 79.9. The minimum absolute atomic E-state index is 0.0185. The van der Waals surface area contributed by atoms with Gasteiger partial charge in [0.1, 0.15) is 5.82 Å². The van der Waals surface area contributed by atoms with E-state index in [-0.39, 0.29) is 22.8 Å². The van der Waals surface area contributed by atoms with Crippen molar-refractivity contribution in [3.8, 4) is 0 Å². The fourth-order valence-corrected chi connectivity index (χ4v) is 3.26. The smallest absolute Gasteiger partial charge is 0.237 e. The highest BCUT2D eigenvalue weighted by molar-refractivity contribution is 9.10. The number of likely N-dealkylation sites (tertiary alicyclic amines) is 1. The van der Waals surface area contributed by atoms with Crippen molar-refractivity contribution >= 4 is 39.3 Å². The fraction of sp³-hybridized carbons (Fsp3) is 0.200. The molecule has 0 aromatic heterocycles. The van der Waals surface area contributed by atoms with E-state index in [0.717, 1.165) is 4.90 Å². The van der Waals surface area contributed by atoms with E-state index in [9.17, 15) is 14.0 Å². The van der Waals surface area contributed by atoms with Crippen LogP contribution >= 0.6 is 27.5 Å². The van der Waals surface area contributed by atoms with E-state index in [4.69, 9.17) is 11.6 Å². The number of allylic oxidation sites excluding steroid dienone is 2. The van der Waals surface area contributed by atoms with Gasteiger partial charge < -0.3 is 0 Å². The Hall–Kier alpha value is -1.46. The summed E-state index contributed by atoms with van der Waals surface area (Å²) in [5.41, 5.74) is 0.408. The second-order valence-electron chi connectivity index (χ2n) is 4.94. The van der Waals surface area contributed by atoms with Gasteiger partial charge in [-0.1, -0.05) is 35.9 Å². The first-order valence-corrected chi connectivity index (χ1v) is 7.50. The van der Waals surface area contributed by atoms with Gasteiger partial charge in [-0.25, -0.2) is 4.39 Å². The number of carbonyl (C=O) groups is 2. The lowest BCUT2D eigenvalue weighted by molar-refractivity contribution is -0.140. The molecule has 3 nitrogen and oxygen atoms in total. The van der Waals surface area contributed by atoms with Crippen LogP contribution in [-0.2, 0) is 16.1 Å². The van der Waals surface area contributed by atoms with E-state index in [1.807, 2.05) is 0 Å². The molecular weight excluding hydrogens is 361 g/mol. The highest BCUT2D eigenvalue weighted by Crippen LogP contribution is 2.33. The van der Waals surface area contributed by atoms with Crippen molar-refractivity contribution in [2.24, 2.45) is 11.8 Å². The Balaban J connectivity index is 1.90. The number of hydrogen-bond donors (Lipinski definition) is 0. The van der Waals surface area contributed by atoms with Crippen molar-refractivity contribution in [3.63, 3.8) is 0 Å². The Kier molecular flexibility index (Phi) is 3.71. The third-order valence-corrected chi connectivity index (χ3v) is 4.61. The summed E-state index contributed by atoms with van der Waals surface area (Å²) in [5, 5.41) is 0.310. The summed E-state index contributed by atoms with van der Waals surface area (Å²) in [6.07, 6.45) is 6.94. The largest absolute Gasteiger partial charge is 0.277 e. The van der Waals surface area contributed by atoms with Gasteiger partial charge in [-0.05, 0) is 33.6 Å². The highest BCUT2D eigenvalue weighted by Gasteiger charge is 2.45. The fourth-order valence-electron chi connectivity index (χ4n) is 2.56. The van der Waals surface area contributed by atoms with Gasteiger partial charge in [0.25, 0.3) is 0 Å². The first-order valence-electron chi connectivity index (χ1n) is 6.32. The van der Waals surface area contributed by atoms with Crippen molar-refractivity contribution < 1.29 is 14.0 Å². The molecule has 1 saturated heterocycles. The number of amides is 2. The average Bonchev–Trinajstić information content (AvgIpc) is 2.70. The van der Waals surface area contributed by atoms with Crippen LogP contribution in [-0.4, -0.2) is 16.7 Å². The Morgan fingerprint density at radius 3 is 2.29 bits per heavy atom. The van der Waals surface area contributed by atoms with Crippen LogP contribution in [0.5, 0.6) is 0 Å². The Bertz CT molecular complexity index is 671. The van der Waals surface area contributed by atoms with Gasteiger partial charge >= 0.3 is 0 Å². The van der Waals surface area contributed by atoms with E-state index in [1.165, 1.54) is 12.1 Å². The van der Waals surface area contributed by atoms with Crippen LogP contribution in [0.1, 0.15) is 5.56 Å². The van der Waals surface area contributed by atoms with Gasteiger partial charge in [-0.3, -0.25) is 14.5 Å². The van der Waals surface area contributed by atoms with Crippen molar-refractivity contribution in [3.05, 3.63) is 57.3 Å². The predicted molar refractivity (Wildman–Crippen MR) is 79.9 cm³/mol.